The first-order valence-corrected chi connectivity index (χ1v) is 7.26. The van der Waals surface area contributed by atoms with E-state index in [1.165, 1.54) is 12.1 Å². The summed E-state index contributed by atoms with van der Waals surface area (Å²) in [5.41, 5.74) is 2.65. The highest BCUT2D eigenvalue weighted by atomic mass is 19.1. The fraction of sp³-hybridized carbons (Fsp3) is 0.333. The molecule has 0 saturated carbocycles. The van der Waals surface area contributed by atoms with E-state index < -0.39 is 6.10 Å². The third kappa shape index (κ3) is 4.30. The smallest absolute Gasteiger partial charge is 0.123 e. The number of hydrogen-bond donors (Lipinski definition) is 1. The van der Waals surface area contributed by atoms with E-state index in [0.717, 1.165) is 28.9 Å². The van der Waals surface area contributed by atoms with Gasteiger partial charge in [-0.1, -0.05) is 25.1 Å². The van der Waals surface area contributed by atoms with E-state index >= 15 is 0 Å². The van der Waals surface area contributed by atoms with Crippen molar-refractivity contribution < 1.29 is 14.2 Å². The van der Waals surface area contributed by atoms with Crippen molar-refractivity contribution in [2.24, 2.45) is 0 Å². The van der Waals surface area contributed by atoms with E-state index in [-0.39, 0.29) is 5.82 Å². The molecule has 2 nitrogen and oxygen atoms in total. The van der Waals surface area contributed by atoms with Crippen LogP contribution < -0.4 is 4.74 Å². The summed E-state index contributed by atoms with van der Waals surface area (Å²) in [6.45, 7) is 4.60. The largest absolute Gasteiger partial charge is 0.494 e. The van der Waals surface area contributed by atoms with Crippen LogP contribution in [-0.4, -0.2) is 11.7 Å². The first-order valence-electron chi connectivity index (χ1n) is 7.26. The normalized spacial score (nSPS) is 12.2. The number of rotatable bonds is 6. The van der Waals surface area contributed by atoms with Gasteiger partial charge in [-0.3, -0.25) is 0 Å². The van der Waals surface area contributed by atoms with E-state index in [1.54, 1.807) is 6.07 Å². The van der Waals surface area contributed by atoms with Crippen molar-refractivity contribution in [1.29, 1.82) is 0 Å². The molecule has 0 aliphatic rings. The lowest BCUT2D eigenvalue weighted by molar-refractivity contribution is 0.178. The summed E-state index contributed by atoms with van der Waals surface area (Å²) in [6.07, 6.45) is 0.838. The molecule has 0 amide bonds. The van der Waals surface area contributed by atoms with Gasteiger partial charge in [0.05, 0.1) is 12.7 Å². The molecule has 3 heteroatoms. The molecule has 0 spiro atoms. The Balaban J connectivity index is 2.04. The van der Waals surface area contributed by atoms with Crippen LogP contribution >= 0.6 is 0 Å². The summed E-state index contributed by atoms with van der Waals surface area (Å²) in [6, 6.07) is 12.1. The summed E-state index contributed by atoms with van der Waals surface area (Å²) in [7, 11) is 0. The Kier molecular flexibility index (Phi) is 5.34. The maximum Gasteiger partial charge on any atom is 0.123 e. The van der Waals surface area contributed by atoms with Crippen LogP contribution in [0.4, 0.5) is 4.39 Å². The standard InChI is InChI=1S/C18H21FO2/c1-3-10-21-17-8-5-14(6-9-17)18(20)12-15-4-7-16(19)11-13(15)2/h4-9,11,18,20H,3,10,12H2,1-2H3. The summed E-state index contributed by atoms with van der Waals surface area (Å²) >= 11 is 0. The van der Waals surface area contributed by atoms with Gasteiger partial charge in [0.25, 0.3) is 0 Å². The molecule has 0 saturated heterocycles. The molecular weight excluding hydrogens is 267 g/mol. The number of halogens is 1. The van der Waals surface area contributed by atoms with E-state index in [2.05, 4.69) is 6.92 Å². The molecule has 1 atom stereocenters. The van der Waals surface area contributed by atoms with Gasteiger partial charge in [-0.2, -0.15) is 0 Å². The van der Waals surface area contributed by atoms with Crippen molar-refractivity contribution in [1.82, 2.24) is 0 Å². The van der Waals surface area contributed by atoms with Crippen LogP contribution in [0.15, 0.2) is 42.5 Å². The minimum atomic E-state index is -0.602. The number of aliphatic hydroxyl groups is 1. The molecule has 21 heavy (non-hydrogen) atoms. The van der Waals surface area contributed by atoms with Crippen molar-refractivity contribution in [2.45, 2.75) is 32.8 Å². The van der Waals surface area contributed by atoms with E-state index in [1.807, 2.05) is 31.2 Å². The molecule has 112 valence electrons. The fourth-order valence-electron chi connectivity index (χ4n) is 2.22. The van der Waals surface area contributed by atoms with Crippen LogP contribution in [0.2, 0.25) is 0 Å². The van der Waals surface area contributed by atoms with Gasteiger partial charge in [0.1, 0.15) is 11.6 Å². The Morgan fingerprint density at radius 3 is 2.48 bits per heavy atom. The van der Waals surface area contributed by atoms with Crippen LogP contribution in [-0.2, 0) is 6.42 Å². The summed E-state index contributed by atoms with van der Waals surface area (Å²) in [5.74, 6) is 0.564. The molecule has 0 fully saturated rings. The Morgan fingerprint density at radius 1 is 1.14 bits per heavy atom. The number of aryl methyl sites for hydroxylation is 1. The van der Waals surface area contributed by atoms with Gasteiger partial charge >= 0.3 is 0 Å². The lowest BCUT2D eigenvalue weighted by atomic mass is 9.98. The molecule has 2 rings (SSSR count). The molecule has 0 aromatic heterocycles. The van der Waals surface area contributed by atoms with Gasteiger partial charge in [-0.05, 0) is 54.3 Å². The molecule has 1 unspecified atom stereocenters. The highest BCUT2D eigenvalue weighted by Gasteiger charge is 2.11. The molecule has 2 aromatic carbocycles. The lowest BCUT2D eigenvalue weighted by Gasteiger charge is -2.14. The maximum absolute atomic E-state index is 13.1. The molecule has 0 aliphatic carbocycles. The average Bonchev–Trinajstić information content (AvgIpc) is 2.48. The average molecular weight is 288 g/mol. The van der Waals surface area contributed by atoms with Crippen molar-refractivity contribution in [3.05, 3.63) is 65.0 Å². The third-order valence-corrected chi connectivity index (χ3v) is 3.46. The van der Waals surface area contributed by atoms with Crippen LogP contribution in [0, 0.1) is 12.7 Å². The second-order valence-electron chi connectivity index (χ2n) is 5.21. The zero-order valence-electron chi connectivity index (χ0n) is 12.5. The Morgan fingerprint density at radius 2 is 1.86 bits per heavy atom. The van der Waals surface area contributed by atoms with Crippen LogP contribution in [0.25, 0.3) is 0 Å². The lowest BCUT2D eigenvalue weighted by Crippen LogP contribution is -2.04. The zero-order valence-corrected chi connectivity index (χ0v) is 12.5. The highest BCUT2D eigenvalue weighted by molar-refractivity contribution is 5.32. The molecule has 0 heterocycles. The Labute approximate surface area is 125 Å². The first-order chi connectivity index (χ1) is 10.1. The van der Waals surface area contributed by atoms with Gasteiger partial charge in [-0.25, -0.2) is 4.39 Å². The van der Waals surface area contributed by atoms with Crippen molar-refractivity contribution >= 4 is 0 Å². The third-order valence-electron chi connectivity index (χ3n) is 3.46. The van der Waals surface area contributed by atoms with E-state index in [9.17, 15) is 9.50 Å². The number of hydrogen-bond acceptors (Lipinski definition) is 2. The molecule has 0 bridgehead atoms. The van der Waals surface area contributed by atoms with E-state index in [0.29, 0.717) is 13.0 Å². The summed E-state index contributed by atoms with van der Waals surface area (Å²) in [5, 5.41) is 10.3. The molecule has 0 radical (unpaired) electrons. The number of aliphatic hydroxyl groups excluding tert-OH is 1. The van der Waals surface area contributed by atoms with Crippen molar-refractivity contribution in [3.8, 4) is 5.75 Å². The SMILES string of the molecule is CCCOc1ccc(C(O)Cc2ccc(F)cc2C)cc1. The van der Waals surface area contributed by atoms with Gasteiger partial charge in [0, 0.05) is 6.42 Å². The maximum atomic E-state index is 13.1. The second kappa shape index (κ2) is 7.23. The van der Waals surface area contributed by atoms with Gasteiger partial charge in [0.2, 0.25) is 0 Å². The van der Waals surface area contributed by atoms with E-state index in [4.69, 9.17) is 4.74 Å². The quantitative estimate of drug-likeness (QED) is 0.863. The van der Waals surface area contributed by atoms with Crippen molar-refractivity contribution in [3.63, 3.8) is 0 Å². The van der Waals surface area contributed by atoms with Crippen LogP contribution in [0.1, 0.15) is 36.1 Å². The van der Waals surface area contributed by atoms with Crippen molar-refractivity contribution in [2.75, 3.05) is 6.61 Å². The predicted molar refractivity (Wildman–Crippen MR) is 82.0 cm³/mol. The highest BCUT2D eigenvalue weighted by Crippen LogP contribution is 2.23. The molecule has 1 N–H and O–H groups in total. The summed E-state index contributed by atoms with van der Waals surface area (Å²) < 4.78 is 18.6. The minimum absolute atomic E-state index is 0.247. The monoisotopic (exact) mass is 288 g/mol. The Bertz CT molecular complexity index is 578. The summed E-state index contributed by atoms with van der Waals surface area (Å²) in [4.78, 5) is 0. The number of benzene rings is 2. The van der Waals surface area contributed by atoms with Gasteiger partial charge in [-0.15, -0.1) is 0 Å². The van der Waals surface area contributed by atoms with Crippen LogP contribution in [0.3, 0.4) is 0 Å². The topological polar surface area (TPSA) is 29.5 Å². The van der Waals surface area contributed by atoms with Gasteiger partial charge in [0.15, 0.2) is 0 Å². The predicted octanol–water partition coefficient (Wildman–Crippen LogP) is 4.20. The zero-order chi connectivity index (χ0) is 15.2. The fourth-order valence-corrected chi connectivity index (χ4v) is 2.22. The van der Waals surface area contributed by atoms with Crippen LogP contribution in [0.5, 0.6) is 5.75 Å². The number of ether oxygens (including phenoxy) is 1. The Hall–Kier alpha value is -1.87. The molecule has 0 aliphatic heterocycles. The second-order valence-corrected chi connectivity index (χ2v) is 5.21. The first kappa shape index (κ1) is 15.5. The van der Waals surface area contributed by atoms with Gasteiger partial charge < -0.3 is 9.84 Å². The molecular formula is C18H21FO2. The minimum Gasteiger partial charge on any atom is -0.494 e. The molecule has 2 aromatic rings.